The predicted molar refractivity (Wildman–Crippen MR) is 90.3 cm³/mol. The number of nitrogens with zero attached hydrogens (tertiary/aromatic N) is 1. The molecule has 0 aromatic heterocycles. The molecular weight excluding hydrogens is 328 g/mol. The third-order valence-electron chi connectivity index (χ3n) is 4.50. The van der Waals surface area contributed by atoms with Gasteiger partial charge in [-0.25, -0.2) is 13.1 Å². The summed E-state index contributed by atoms with van der Waals surface area (Å²) in [5.74, 6) is 1.12. The minimum Gasteiger partial charge on any atom is -0.494 e. The monoisotopic (exact) mass is 352 g/mol. The van der Waals surface area contributed by atoms with E-state index < -0.39 is 10.0 Å². The number of rotatable bonds is 6. The Morgan fingerprint density at radius 3 is 2.33 bits per heavy atom. The topological polar surface area (TPSA) is 75.7 Å². The maximum absolute atomic E-state index is 12.5. The Labute approximate surface area is 143 Å². The Balaban J connectivity index is 1.55. The summed E-state index contributed by atoms with van der Waals surface area (Å²) in [5.41, 5.74) is 0. The van der Waals surface area contributed by atoms with Gasteiger partial charge in [0, 0.05) is 25.0 Å². The summed E-state index contributed by atoms with van der Waals surface area (Å²) < 4.78 is 33.0. The molecule has 1 saturated heterocycles. The Hall–Kier alpha value is -1.60. The Kier molecular flexibility index (Phi) is 5.10. The van der Waals surface area contributed by atoms with Crippen LogP contribution in [0.5, 0.6) is 5.75 Å². The molecule has 1 aliphatic heterocycles. The van der Waals surface area contributed by atoms with Crippen LogP contribution < -0.4 is 9.46 Å². The third-order valence-corrected chi connectivity index (χ3v) is 6.04. The van der Waals surface area contributed by atoms with Crippen LogP contribution in [0, 0.1) is 5.92 Å². The number of hydrogen-bond acceptors (Lipinski definition) is 4. The summed E-state index contributed by atoms with van der Waals surface area (Å²) in [6.45, 7) is 3.69. The van der Waals surface area contributed by atoms with Crippen molar-refractivity contribution < 1.29 is 17.9 Å². The molecule has 1 N–H and O–H groups in total. The molecule has 3 rings (SSSR count). The van der Waals surface area contributed by atoms with Crippen molar-refractivity contribution in [3.63, 3.8) is 0 Å². The van der Waals surface area contributed by atoms with Gasteiger partial charge in [-0.3, -0.25) is 4.79 Å². The van der Waals surface area contributed by atoms with Crippen molar-refractivity contribution in [3.05, 3.63) is 24.3 Å². The van der Waals surface area contributed by atoms with Gasteiger partial charge in [-0.1, -0.05) is 0 Å². The highest BCUT2D eigenvalue weighted by Crippen LogP contribution is 2.32. The maximum Gasteiger partial charge on any atom is 0.240 e. The van der Waals surface area contributed by atoms with Crippen LogP contribution in [0.3, 0.4) is 0 Å². The van der Waals surface area contributed by atoms with E-state index in [2.05, 4.69) is 4.72 Å². The van der Waals surface area contributed by atoms with Crippen LogP contribution in [0.4, 0.5) is 0 Å². The molecule has 1 aliphatic carbocycles. The first-order valence-corrected chi connectivity index (χ1v) is 10.0. The van der Waals surface area contributed by atoms with E-state index in [-0.39, 0.29) is 22.8 Å². The van der Waals surface area contributed by atoms with Crippen LogP contribution in [0.25, 0.3) is 0 Å². The van der Waals surface area contributed by atoms with Crippen molar-refractivity contribution in [1.82, 2.24) is 9.62 Å². The van der Waals surface area contributed by atoms with Gasteiger partial charge < -0.3 is 9.64 Å². The normalized spacial score (nSPS) is 19.3. The summed E-state index contributed by atoms with van der Waals surface area (Å²) in [7, 11) is -3.54. The van der Waals surface area contributed by atoms with Crippen LogP contribution >= 0.6 is 0 Å². The molecule has 0 unspecified atom stereocenters. The lowest BCUT2D eigenvalue weighted by atomic mass is 10.1. The second-order valence-corrected chi connectivity index (χ2v) is 8.11. The Morgan fingerprint density at radius 2 is 1.79 bits per heavy atom. The van der Waals surface area contributed by atoms with Crippen molar-refractivity contribution >= 4 is 15.9 Å². The molecule has 1 aromatic carbocycles. The zero-order valence-corrected chi connectivity index (χ0v) is 14.7. The largest absolute Gasteiger partial charge is 0.494 e. The molecule has 2 fully saturated rings. The first kappa shape index (κ1) is 17.2. The lowest BCUT2D eigenvalue weighted by molar-refractivity contribution is -0.133. The molecule has 24 heavy (non-hydrogen) atoms. The summed E-state index contributed by atoms with van der Waals surface area (Å²) in [6.07, 6.45) is 3.33. The van der Waals surface area contributed by atoms with Gasteiger partial charge in [-0.15, -0.1) is 0 Å². The molecule has 0 atom stereocenters. The zero-order valence-electron chi connectivity index (χ0n) is 13.9. The number of hydrogen-bond donors (Lipinski definition) is 1. The van der Waals surface area contributed by atoms with E-state index in [9.17, 15) is 13.2 Å². The van der Waals surface area contributed by atoms with Gasteiger partial charge in [0.1, 0.15) is 5.75 Å². The first-order valence-electron chi connectivity index (χ1n) is 8.53. The standard InChI is InChI=1S/C17H24N2O4S/c1-2-23-15-5-7-16(8-6-15)24(21,22)18-14-9-11-19(12-10-14)17(20)13-3-4-13/h5-8,13-14,18H,2-4,9-12H2,1H3. The van der Waals surface area contributed by atoms with Gasteiger partial charge >= 0.3 is 0 Å². The number of benzene rings is 1. The molecular formula is C17H24N2O4S. The van der Waals surface area contributed by atoms with E-state index in [0.29, 0.717) is 38.3 Å². The fourth-order valence-electron chi connectivity index (χ4n) is 2.98. The van der Waals surface area contributed by atoms with Crippen LogP contribution in [0.2, 0.25) is 0 Å². The first-order chi connectivity index (χ1) is 11.5. The molecule has 2 aliphatic rings. The lowest BCUT2D eigenvalue weighted by Crippen LogP contribution is -2.46. The fourth-order valence-corrected chi connectivity index (χ4v) is 4.28. The van der Waals surface area contributed by atoms with E-state index in [1.165, 1.54) is 0 Å². The lowest BCUT2D eigenvalue weighted by Gasteiger charge is -2.32. The van der Waals surface area contributed by atoms with Crippen molar-refractivity contribution in [1.29, 1.82) is 0 Å². The average molecular weight is 352 g/mol. The van der Waals surface area contributed by atoms with E-state index in [4.69, 9.17) is 4.74 Å². The number of amides is 1. The number of ether oxygens (including phenoxy) is 1. The van der Waals surface area contributed by atoms with Crippen LogP contribution in [0.15, 0.2) is 29.2 Å². The summed E-state index contributed by atoms with van der Waals surface area (Å²) in [6, 6.07) is 6.31. The number of likely N-dealkylation sites (tertiary alicyclic amines) is 1. The highest BCUT2D eigenvalue weighted by Gasteiger charge is 2.35. The van der Waals surface area contributed by atoms with E-state index in [0.717, 1.165) is 12.8 Å². The SMILES string of the molecule is CCOc1ccc(S(=O)(=O)NC2CCN(C(=O)C3CC3)CC2)cc1. The quantitative estimate of drug-likeness (QED) is 0.846. The minimum absolute atomic E-state index is 0.121. The van der Waals surface area contributed by atoms with Gasteiger partial charge in [-0.05, 0) is 56.9 Å². The highest BCUT2D eigenvalue weighted by atomic mass is 32.2. The molecule has 0 spiro atoms. The van der Waals surface area contributed by atoms with Crippen LogP contribution in [0.1, 0.15) is 32.6 Å². The molecule has 1 saturated carbocycles. The number of nitrogens with one attached hydrogen (secondary N) is 1. The van der Waals surface area contributed by atoms with Crippen molar-refractivity contribution in [2.24, 2.45) is 5.92 Å². The zero-order chi connectivity index (χ0) is 17.2. The van der Waals surface area contributed by atoms with Gasteiger partial charge in [0.15, 0.2) is 0 Å². The molecule has 6 nitrogen and oxygen atoms in total. The smallest absolute Gasteiger partial charge is 0.240 e. The van der Waals surface area contributed by atoms with E-state index in [1.807, 2.05) is 11.8 Å². The van der Waals surface area contributed by atoms with Crippen molar-refractivity contribution in [2.75, 3.05) is 19.7 Å². The van der Waals surface area contributed by atoms with Crippen LogP contribution in [-0.4, -0.2) is 45.0 Å². The second-order valence-electron chi connectivity index (χ2n) is 6.40. The number of carbonyl (C=O) groups excluding carboxylic acids is 1. The number of carbonyl (C=O) groups is 1. The molecule has 1 heterocycles. The highest BCUT2D eigenvalue weighted by molar-refractivity contribution is 7.89. The van der Waals surface area contributed by atoms with Gasteiger partial charge in [0.2, 0.25) is 15.9 Å². The molecule has 7 heteroatoms. The molecule has 0 bridgehead atoms. The molecule has 132 valence electrons. The second kappa shape index (κ2) is 7.11. The van der Waals surface area contributed by atoms with Gasteiger partial charge in [0.25, 0.3) is 0 Å². The maximum atomic E-state index is 12.5. The summed E-state index contributed by atoms with van der Waals surface area (Å²) >= 11 is 0. The minimum atomic E-state index is -3.54. The van der Waals surface area contributed by atoms with E-state index >= 15 is 0 Å². The molecule has 1 amide bonds. The predicted octanol–water partition coefficient (Wildman–Crippen LogP) is 1.76. The molecule has 0 radical (unpaired) electrons. The average Bonchev–Trinajstić information content (AvgIpc) is 3.40. The summed E-state index contributed by atoms with van der Waals surface area (Å²) in [5, 5.41) is 0. The van der Waals surface area contributed by atoms with Gasteiger partial charge in [0.05, 0.1) is 11.5 Å². The van der Waals surface area contributed by atoms with E-state index in [1.54, 1.807) is 24.3 Å². The van der Waals surface area contributed by atoms with Gasteiger partial charge in [-0.2, -0.15) is 0 Å². The third kappa shape index (κ3) is 4.08. The van der Waals surface area contributed by atoms with Crippen molar-refractivity contribution in [2.45, 2.75) is 43.5 Å². The summed E-state index contributed by atoms with van der Waals surface area (Å²) in [4.78, 5) is 14.1. The van der Waals surface area contributed by atoms with Crippen molar-refractivity contribution in [3.8, 4) is 5.75 Å². The fraction of sp³-hybridized carbons (Fsp3) is 0.588. The number of sulfonamides is 1. The Morgan fingerprint density at radius 1 is 1.17 bits per heavy atom. The Bertz CT molecular complexity index is 675. The van der Waals surface area contributed by atoms with Crippen LogP contribution in [-0.2, 0) is 14.8 Å². The molecule has 1 aromatic rings. The number of piperidine rings is 1.